The van der Waals surface area contributed by atoms with Crippen LogP contribution in [-0.2, 0) is 0 Å². The first-order chi connectivity index (χ1) is 17.4. The van der Waals surface area contributed by atoms with Gasteiger partial charge in [0, 0.05) is 21.5 Å². The molecule has 2 heterocycles. The van der Waals surface area contributed by atoms with Crippen LogP contribution in [0.1, 0.15) is 33.3 Å². The molecular weight excluding hydrogens is 499 g/mol. The molecule has 0 fully saturated rings. The number of hydrogen-bond acceptors (Lipinski definition) is 5. The lowest BCUT2D eigenvalue weighted by Crippen LogP contribution is -2.39. The molecule has 36 heavy (non-hydrogen) atoms. The molecule has 0 saturated carbocycles. The van der Waals surface area contributed by atoms with Crippen molar-refractivity contribution in [1.82, 2.24) is 20.1 Å². The third-order valence-corrected chi connectivity index (χ3v) is 6.86. The highest BCUT2D eigenvalue weighted by Gasteiger charge is 2.25. The number of ether oxygens (including phenoxy) is 1. The van der Waals surface area contributed by atoms with Gasteiger partial charge in [0.15, 0.2) is 5.01 Å². The molecule has 0 aliphatic heterocycles. The second-order valence-corrected chi connectivity index (χ2v) is 10.1. The van der Waals surface area contributed by atoms with E-state index in [0.29, 0.717) is 15.8 Å². The SMILES string of the molecule is Cc1cnc(C(=O)N[C@@H](C)[C@H](Oc2ccc3c(cnn3-c3ccc(F)cc3)c2)c2ccc(Cl)cc2)s1. The van der Waals surface area contributed by atoms with E-state index in [4.69, 9.17) is 16.3 Å². The maximum atomic E-state index is 13.3. The molecular formula is C27H22ClFN4O2S. The van der Waals surface area contributed by atoms with E-state index in [-0.39, 0.29) is 17.8 Å². The molecule has 0 unspecified atom stereocenters. The van der Waals surface area contributed by atoms with Crippen molar-refractivity contribution < 1.29 is 13.9 Å². The Kier molecular flexibility index (Phi) is 6.71. The highest BCUT2D eigenvalue weighted by atomic mass is 35.5. The number of aryl methyl sites for hydroxylation is 1. The molecule has 182 valence electrons. The number of thiazole rings is 1. The van der Waals surface area contributed by atoms with Crippen molar-refractivity contribution in [3.63, 3.8) is 0 Å². The van der Waals surface area contributed by atoms with Gasteiger partial charge < -0.3 is 10.1 Å². The number of carbonyl (C=O) groups excluding carboxylic acids is 1. The summed E-state index contributed by atoms with van der Waals surface area (Å²) in [5, 5.41) is 9.35. The highest BCUT2D eigenvalue weighted by Crippen LogP contribution is 2.30. The summed E-state index contributed by atoms with van der Waals surface area (Å²) in [6, 6.07) is 18.8. The lowest BCUT2D eigenvalue weighted by molar-refractivity contribution is 0.0881. The fraction of sp³-hybridized carbons (Fsp3) is 0.148. The number of halogens is 2. The summed E-state index contributed by atoms with van der Waals surface area (Å²) in [6.45, 7) is 3.80. The Morgan fingerprint density at radius 2 is 1.83 bits per heavy atom. The third kappa shape index (κ3) is 5.10. The zero-order valence-electron chi connectivity index (χ0n) is 19.5. The minimum atomic E-state index is -0.489. The second-order valence-electron chi connectivity index (χ2n) is 8.38. The van der Waals surface area contributed by atoms with Crippen molar-refractivity contribution in [2.24, 2.45) is 0 Å². The molecule has 0 aliphatic carbocycles. The largest absolute Gasteiger partial charge is 0.484 e. The van der Waals surface area contributed by atoms with Crippen LogP contribution in [0.3, 0.4) is 0 Å². The molecule has 0 saturated heterocycles. The van der Waals surface area contributed by atoms with Crippen LogP contribution in [0.5, 0.6) is 5.75 Å². The van der Waals surface area contributed by atoms with Crippen LogP contribution in [0.25, 0.3) is 16.6 Å². The summed E-state index contributed by atoms with van der Waals surface area (Å²) in [5.74, 6) is 0.0665. The second kappa shape index (κ2) is 10.1. The molecule has 0 spiro atoms. The van der Waals surface area contributed by atoms with Gasteiger partial charge in [-0.05, 0) is 74.0 Å². The Labute approximate surface area is 216 Å². The topological polar surface area (TPSA) is 69.0 Å². The number of amides is 1. The molecule has 1 amide bonds. The molecule has 2 aromatic heterocycles. The van der Waals surface area contributed by atoms with Crippen LogP contribution in [0, 0.1) is 12.7 Å². The van der Waals surface area contributed by atoms with Crippen molar-refractivity contribution in [2.45, 2.75) is 26.0 Å². The Balaban J connectivity index is 1.42. The van der Waals surface area contributed by atoms with Crippen LogP contribution < -0.4 is 10.1 Å². The molecule has 6 nitrogen and oxygen atoms in total. The van der Waals surface area contributed by atoms with Crippen molar-refractivity contribution >= 4 is 39.7 Å². The highest BCUT2D eigenvalue weighted by molar-refractivity contribution is 7.13. The van der Waals surface area contributed by atoms with Gasteiger partial charge in [-0.3, -0.25) is 4.79 Å². The number of nitrogens with one attached hydrogen (secondary N) is 1. The summed E-state index contributed by atoms with van der Waals surface area (Å²) in [6.07, 6.45) is 2.93. The molecule has 0 aliphatic rings. The van der Waals surface area contributed by atoms with E-state index in [1.54, 1.807) is 41.3 Å². The third-order valence-electron chi connectivity index (χ3n) is 5.70. The smallest absolute Gasteiger partial charge is 0.280 e. The normalized spacial score (nSPS) is 12.9. The number of nitrogens with zero attached hydrogens (tertiary/aromatic N) is 3. The molecule has 9 heteroatoms. The number of benzene rings is 3. The Bertz CT molecular complexity index is 1520. The van der Waals surface area contributed by atoms with Crippen LogP contribution >= 0.6 is 22.9 Å². The molecule has 0 radical (unpaired) electrons. The van der Waals surface area contributed by atoms with Gasteiger partial charge in [-0.15, -0.1) is 11.3 Å². The number of hydrogen-bond donors (Lipinski definition) is 1. The average Bonchev–Trinajstić information content (AvgIpc) is 3.50. The van der Waals surface area contributed by atoms with Crippen molar-refractivity contribution in [3.05, 3.63) is 105 Å². The van der Waals surface area contributed by atoms with Crippen LogP contribution in [0.4, 0.5) is 4.39 Å². The molecule has 5 rings (SSSR count). The van der Waals surface area contributed by atoms with E-state index in [9.17, 15) is 9.18 Å². The van der Waals surface area contributed by atoms with Crippen molar-refractivity contribution in [2.75, 3.05) is 0 Å². The van der Waals surface area contributed by atoms with Gasteiger partial charge in [0.2, 0.25) is 0 Å². The van der Waals surface area contributed by atoms with Crippen molar-refractivity contribution in [3.8, 4) is 11.4 Å². The summed E-state index contributed by atoms with van der Waals surface area (Å²) >= 11 is 7.44. The lowest BCUT2D eigenvalue weighted by Gasteiger charge is -2.26. The van der Waals surface area contributed by atoms with Gasteiger partial charge in [-0.25, -0.2) is 14.1 Å². The fourth-order valence-electron chi connectivity index (χ4n) is 3.93. The first kappa shape index (κ1) is 24.0. The van der Waals surface area contributed by atoms with Gasteiger partial charge in [0.1, 0.15) is 17.7 Å². The Morgan fingerprint density at radius 3 is 2.53 bits per heavy atom. The van der Waals surface area contributed by atoms with Crippen LogP contribution in [0.15, 0.2) is 79.1 Å². The lowest BCUT2D eigenvalue weighted by atomic mass is 10.0. The fourth-order valence-corrected chi connectivity index (χ4v) is 4.73. The van der Waals surface area contributed by atoms with Gasteiger partial charge >= 0.3 is 0 Å². The number of rotatable bonds is 7. The summed E-state index contributed by atoms with van der Waals surface area (Å²) in [5.41, 5.74) is 2.48. The molecule has 5 aromatic rings. The summed E-state index contributed by atoms with van der Waals surface area (Å²) < 4.78 is 21.5. The molecule has 3 aromatic carbocycles. The van der Waals surface area contributed by atoms with E-state index in [0.717, 1.165) is 27.0 Å². The van der Waals surface area contributed by atoms with Gasteiger partial charge in [0.05, 0.1) is 23.4 Å². The quantitative estimate of drug-likeness (QED) is 0.265. The number of aromatic nitrogens is 3. The molecule has 0 bridgehead atoms. The van der Waals surface area contributed by atoms with Crippen molar-refractivity contribution in [1.29, 1.82) is 0 Å². The van der Waals surface area contributed by atoms with Gasteiger partial charge in [-0.1, -0.05) is 23.7 Å². The minimum absolute atomic E-state index is 0.251. The van der Waals surface area contributed by atoms with Crippen LogP contribution in [0.2, 0.25) is 5.02 Å². The first-order valence-corrected chi connectivity index (χ1v) is 12.5. The summed E-state index contributed by atoms with van der Waals surface area (Å²) in [7, 11) is 0. The van der Waals surface area contributed by atoms with E-state index < -0.39 is 6.10 Å². The van der Waals surface area contributed by atoms with Gasteiger partial charge in [-0.2, -0.15) is 5.10 Å². The molecule has 1 N–H and O–H groups in total. The Hall–Kier alpha value is -3.75. The first-order valence-electron chi connectivity index (χ1n) is 11.3. The predicted molar refractivity (Wildman–Crippen MR) is 140 cm³/mol. The van der Waals surface area contributed by atoms with Gasteiger partial charge in [0.25, 0.3) is 5.91 Å². The predicted octanol–water partition coefficient (Wildman–Crippen LogP) is 6.52. The van der Waals surface area contributed by atoms with Crippen LogP contribution in [-0.4, -0.2) is 26.7 Å². The molecule has 2 atom stereocenters. The Morgan fingerprint density at radius 1 is 1.08 bits per heavy atom. The standard InChI is InChI=1S/C27H22ClFN4O2S/c1-16-14-30-27(36-16)26(34)32-17(2)25(18-3-5-20(28)6-4-18)35-23-11-12-24-19(13-23)15-31-33(24)22-9-7-21(29)8-10-22/h3-15,17,25H,1-2H3,(H,32,34)/t17-,25-/m0/s1. The van der Waals surface area contributed by atoms with E-state index in [1.165, 1.54) is 23.5 Å². The number of fused-ring (bicyclic) bond motifs is 1. The van der Waals surface area contributed by atoms with E-state index in [1.807, 2.05) is 44.2 Å². The van der Waals surface area contributed by atoms with E-state index >= 15 is 0 Å². The summed E-state index contributed by atoms with van der Waals surface area (Å²) in [4.78, 5) is 17.9. The monoisotopic (exact) mass is 520 g/mol. The maximum Gasteiger partial charge on any atom is 0.280 e. The van der Waals surface area contributed by atoms with E-state index in [2.05, 4.69) is 15.4 Å². The average molecular weight is 521 g/mol. The number of carbonyl (C=O) groups is 1. The zero-order chi connectivity index (χ0) is 25.2. The zero-order valence-corrected chi connectivity index (χ0v) is 21.1. The maximum absolute atomic E-state index is 13.3. The minimum Gasteiger partial charge on any atom is -0.484 e.